The Morgan fingerprint density at radius 1 is 0.581 bits per heavy atom. The van der Waals surface area contributed by atoms with Crippen LogP contribution in [0.1, 0.15) is 30.6 Å². The van der Waals surface area contributed by atoms with E-state index in [1.807, 2.05) is 47.9 Å². The SMILES string of the molecule is [2H]c1c([2H])c([2H])c(-c2ccccc2-c2c3c([2H])c([2H])c([2H])c([2H])c3c(-c3cccc(-n4c(CC)nc5ccccc54)c3)c3c([2H])c([2H])c([2H])c([2H])c23)c([2H])c1[2H]. The van der Waals surface area contributed by atoms with E-state index in [1.165, 1.54) is 6.07 Å². The van der Waals surface area contributed by atoms with E-state index in [2.05, 4.69) is 0 Å². The smallest absolute Gasteiger partial charge is 0.114 e. The Bertz CT molecular complexity index is 2900. The van der Waals surface area contributed by atoms with Crippen molar-refractivity contribution in [3.8, 4) is 39.1 Å². The molecule has 1 heterocycles. The van der Waals surface area contributed by atoms with Crippen molar-refractivity contribution in [3.63, 3.8) is 0 Å². The van der Waals surface area contributed by atoms with Crippen LogP contribution in [-0.2, 0) is 6.42 Å². The fourth-order valence-corrected chi connectivity index (χ4v) is 5.89. The highest BCUT2D eigenvalue weighted by atomic mass is 15.1. The molecule has 0 aliphatic heterocycles. The van der Waals surface area contributed by atoms with Crippen molar-refractivity contribution >= 4 is 32.6 Å². The third-order valence-corrected chi connectivity index (χ3v) is 7.68. The molecular formula is C41H30N2. The highest BCUT2D eigenvalue weighted by Crippen LogP contribution is 2.46. The molecule has 7 aromatic carbocycles. The molecule has 0 radical (unpaired) electrons. The second-order valence-corrected chi connectivity index (χ2v) is 10.1. The topological polar surface area (TPSA) is 17.8 Å². The number of fused-ring (bicyclic) bond motifs is 3. The van der Waals surface area contributed by atoms with Gasteiger partial charge in [0.15, 0.2) is 0 Å². The van der Waals surface area contributed by atoms with Crippen molar-refractivity contribution in [2.24, 2.45) is 0 Å². The van der Waals surface area contributed by atoms with Crippen molar-refractivity contribution in [1.29, 1.82) is 0 Å². The summed E-state index contributed by atoms with van der Waals surface area (Å²) in [5, 5.41) is -0.141. The van der Waals surface area contributed by atoms with Crippen LogP contribution in [0.2, 0.25) is 0 Å². The van der Waals surface area contributed by atoms with Gasteiger partial charge in [0.2, 0.25) is 0 Å². The number of aryl methyl sites for hydroxylation is 1. The van der Waals surface area contributed by atoms with Crippen molar-refractivity contribution < 1.29 is 17.8 Å². The molecule has 0 aliphatic rings. The Labute approximate surface area is 269 Å². The number of nitrogens with zero attached hydrogens (tertiary/aromatic N) is 2. The lowest BCUT2D eigenvalue weighted by Crippen LogP contribution is -2.00. The Kier molecular flexibility index (Phi) is 3.67. The fourth-order valence-electron chi connectivity index (χ4n) is 5.89. The molecule has 0 spiro atoms. The van der Waals surface area contributed by atoms with Gasteiger partial charge in [-0.25, -0.2) is 4.98 Å². The summed E-state index contributed by atoms with van der Waals surface area (Å²) in [7, 11) is 0. The van der Waals surface area contributed by atoms with Gasteiger partial charge in [0.1, 0.15) is 5.82 Å². The molecule has 0 unspecified atom stereocenters. The Morgan fingerprint density at radius 2 is 1.19 bits per heavy atom. The van der Waals surface area contributed by atoms with Gasteiger partial charge in [0, 0.05) is 12.1 Å². The average molecular weight is 564 g/mol. The predicted octanol–water partition coefficient (Wildman–Crippen LogP) is 10.9. The van der Waals surface area contributed by atoms with Gasteiger partial charge in [0.05, 0.1) is 28.9 Å². The summed E-state index contributed by atoms with van der Waals surface area (Å²) in [6.07, 6.45) is 0.591. The normalized spacial score (nSPS) is 15.7. The molecule has 8 aromatic rings. The highest BCUT2D eigenvalue weighted by molar-refractivity contribution is 6.22. The van der Waals surface area contributed by atoms with Crippen LogP contribution >= 0.6 is 0 Å². The second-order valence-electron chi connectivity index (χ2n) is 10.1. The molecule has 2 heteroatoms. The van der Waals surface area contributed by atoms with Gasteiger partial charge in [-0.15, -0.1) is 0 Å². The number of aromatic nitrogens is 2. The van der Waals surface area contributed by atoms with Crippen LogP contribution in [-0.4, -0.2) is 9.55 Å². The van der Waals surface area contributed by atoms with Gasteiger partial charge < -0.3 is 0 Å². The predicted molar refractivity (Wildman–Crippen MR) is 182 cm³/mol. The molecule has 0 atom stereocenters. The minimum Gasteiger partial charge on any atom is -0.296 e. The summed E-state index contributed by atoms with van der Waals surface area (Å²) in [6.45, 7) is 1.98. The first kappa shape index (κ1) is 15.1. The zero-order valence-electron chi connectivity index (χ0n) is 36.0. The van der Waals surface area contributed by atoms with Gasteiger partial charge in [-0.05, 0) is 79.2 Å². The first-order valence-electron chi connectivity index (χ1n) is 20.4. The summed E-state index contributed by atoms with van der Waals surface area (Å²) in [6, 6.07) is 14.2. The summed E-state index contributed by atoms with van der Waals surface area (Å²) >= 11 is 0. The molecule has 8 rings (SSSR count). The molecule has 0 saturated carbocycles. The zero-order chi connectivity index (χ0) is 40.1. The van der Waals surface area contributed by atoms with Gasteiger partial charge in [-0.2, -0.15) is 0 Å². The molecule has 0 aliphatic carbocycles. The zero-order valence-corrected chi connectivity index (χ0v) is 23.0. The third-order valence-electron chi connectivity index (χ3n) is 7.68. The van der Waals surface area contributed by atoms with Crippen molar-refractivity contribution in [3.05, 3.63) is 157 Å². The quantitative estimate of drug-likeness (QED) is 0.190. The maximum atomic E-state index is 9.37. The Hall–Kier alpha value is -5.47. The molecule has 204 valence electrons. The lowest BCUT2D eigenvalue weighted by Gasteiger charge is -2.20. The summed E-state index contributed by atoms with van der Waals surface area (Å²) in [5.41, 5.74) is 2.94. The molecule has 0 bridgehead atoms. The van der Waals surface area contributed by atoms with Crippen LogP contribution in [0.25, 0.3) is 71.6 Å². The van der Waals surface area contributed by atoms with Crippen LogP contribution in [0.3, 0.4) is 0 Å². The molecule has 0 N–H and O–H groups in total. The first-order chi connectivity index (χ1) is 26.7. The number of hydrogen-bond donors (Lipinski definition) is 0. The van der Waals surface area contributed by atoms with Crippen LogP contribution in [0.4, 0.5) is 0 Å². The Morgan fingerprint density at radius 3 is 1.88 bits per heavy atom. The van der Waals surface area contributed by atoms with E-state index in [4.69, 9.17) is 17.3 Å². The van der Waals surface area contributed by atoms with E-state index in [0.29, 0.717) is 17.7 Å². The third kappa shape index (κ3) is 4.14. The van der Waals surface area contributed by atoms with E-state index in [9.17, 15) is 5.48 Å². The molecule has 0 saturated heterocycles. The summed E-state index contributed by atoms with van der Waals surface area (Å²) in [5.74, 6) is 0.765. The number of benzene rings is 7. The first-order valence-corrected chi connectivity index (χ1v) is 13.9. The minimum absolute atomic E-state index is 0.00480. The van der Waals surface area contributed by atoms with Crippen LogP contribution in [0, 0.1) is 0 Å². The summed E-state index contributed by atoms with van der Waals surface area (Å²) in [4.78, 5) is 4.81. The molecule has 1 aromatic heterocycles. The minimum atomic E-state index is -0.596. The molecule has 0 fully saturated rings. The van der Waals surface area contributed by atoms with E-state index >= 15 is 0 Å². The Balaban J connectivity index is 1.61. The number of para-hydroxylation sites is 2. The van der Waals surface area contributed by atoms with Gasteiger partial charge in [-0.3, -0.25) is 4.57 Å². The van der Waals surface area contributed by atoms with Crippen molar-refractivity contribution in [1.82, 2.24) is 9.55 Å². The second kappa shape index (κ2) is 10.4. The number of hydrogen-bond acceptors (Lipinski definition) is 1. The molecular weight excluding hydrogens is 520 g/mol. The van der Waals surface area contributed by atoms with Gasteiger partial charge in [0.25, 0.3) is 0 Å². The lowest BCUT2D eigenvalue weighted by molar-refractivity contribution is 0.908. The standard InChI is InChI=1S/C41H30N2/c1-2-39-42-37-25-12-13-26-38(37)43(39)30-18-14-17-29(27-30)40-33-21-8-10-23-35(33)41(36-24-11-9-22-34(36)40)32-20-7-6-19-31(32)28-15-4-3-5-16-28/h3-27H,2H2,1H3/i3D,4D,5D,8D,9D,10D,11D,15D,16D,21D,22D,23D,24D. The highest BCUT2D eigenvalue weighted by Gasteiger charge is 2.19. The molecule has 2 nitrogen and oxygen atoms in total. The van der Waals surface area contributed by atoms with Crippen LogP contribution in [0.5, 0.6) is 0 Å². The van der Waals surface area contributed by atoms with E-state index < -0.39 is 78.6 Å². The van der Waals surface area contributed by atoms with Crippen molar-refractivity contribution in [2.75, 3.05) is 0 Å². The molecule has 0 amide bonds. The van der Waals surface area contributed by atoms with Crippen molar-refractivity contribution in [2.45, 2.75) is 13.3 Å². The maximum absolute atomic E-state index is 9.37. The van der Waals surface area contributed by atoms with E-state index in [0.717, 1.165) is 16.9 Å². The van der Waals surface area contributed by atoms with Gasteiger partial charge >= 0.3 is 0 Å². The maximum Gasteiger partial charge on any atom is 0.114 e. The lowest BCUT2D eigenvalue weighted by atomic mass is 9.84. The van der Waals surface area contributed by atoms with Gasteiger partial charge in [-0.1, -0.05) is 134 Å². The monoisotopic (exact) mass is 563 g/mol. The number of rotatable bonds is 5. The van der Waals surface area contributed by atoms with Crippen LogP contribution < -0.4 is 0 Å². The van der Waals surface area contributed by atoms with Crippen LogP contribution in [0.15, 0.2) is 151 Å². The molecule has 43 heavy (non-hydrogen) atoms. The fraction of sp³-hybridized carbons (Fsp3) is 0.0488. The summed E-state index contributed by atoms with van der Waals surface area (Å²) < 4.78 is 117. The number of imidazole rings is 1. The largest absolute Gasteiger partial charge is 0.296 e. The average Bonchev–Trinajstić information content (AvgIpc) is 3.60. The van der Waals surface area contributed by atoms with E-state index in [-0.39, 0.29) is 49.4 Å². The van der Waals surface area contributed by atoms with E-state index in [1.54, 1.807) is 30.3 Å².